The van der Waals surface area contributed by atoms with Crippen molar-refractivity contribution in [3.63, 3.8) is 0 Å². The van der Waals surface area contributed by atoms with Crippen molar-refractivity contribution in [1.82, 2.24) is 10.2 Å². The minimum atomic E-state index is -0.0824. The summed E-state index contributed by atoms with van der Waals surface area (Å²) in [5, 5.41) is 2.99. The molecule has 0 atom stereocenters. The van der Waals surface area contributed by atoms with Crippen LogP contribution in [0.25, 0.3) is 0 Å². The molecule has 1 aromatic carbocycles. The molecule has 0 unspecified atom stereocenters. The van der Waals surface area contributed by atoms with Crippen LogP contribution in [0, 0.1) is 0 Å². The van der Waals surface area contributed by atoms with Gasteiger partial charge in [0.25, 0.3) is 5.91 Å². The lowest BCUT2D eigenvalue weighted by Crippen LogP contribution is -2.33. The standard InChI is InChI=1S/C17H24N2O3/c20-17(18-8-5-11-19-9-2-1-3-10-19)14-6-4-7-15-16(14)22-13-12-21-15/h4,6-7H,1-3,5,8-13H2,(H,18,20). The van der Waals surface area contributed by atoms with Crippen molar-refractivity contribution in [1.29, 1.82) is 0 Å². The molecule has 0 aliphatic carbocycles. The Kier molecular flexibility index (Phi) is 5.16. The van der Waals surface area contributed by atoms with Gasteiger partial charge in [0.1, 0.15) is 13.2 Å². The number of carbonyl (C=O) groups excluding carboxylic acids is 1. The van der Waals surface area contributed by atoms with E-state index in [1.165, 1.54) is 32.4 Å². The maximum atomic E-state index is 12.3. The molecule has 0 bridgehead atoms. The Bertz CT molecular complexity index is 513. The number of carbonyl (C=O) groups is 1. The van der Waals surface area contributed by atoms with Crippen LogP contribution in [-0.4, -0.2) is 50.2 Å². The molecular weight excluding hydrogens is 280 g/mol. The Balaban J connectivity index is 1.48. The maximum absolute atomic E-state index is 12.3. The van der Waals surface area contributed by atoms with Gasteiger partial charge in [0.15, 0.2) is 11.5 Å². The first-order valence-corrected chi connectivity index (χ1v) is 8.24. The molecule has 1 aromatic rings. The van der Waals surface area contributed by atoms with Crippen molar-refractivity contribution in [2.24, 2.45) is 0 Å². The van der Waals surface area contributed by atoms with Crippen LogP contribution in [0.5, 0.6) is 11.5 Å². The molecule has 0 radical (unpaired) electrons. The smallest absolute Gasteiger partial charge is 0.255 e. The largest absolute Gasteiger partial charge is 0.486 e. The summed E-state index contributed by atoms with van der Waals surface area (Å²) >= 11 is 0. The van der Waals surface area contributed by atoms with Crippen LogP contribution in [0.3, 0.4) is 0 Å². The fourth-order valence-corrected chi connectivity index (χ4v) is 3.04. The van der Waals surface area contributed by atoms with E-state index in [-0.39, 0.29) is 5.91 Å². The molecule has 1 fully saturated rings. The molecule has 1 amide bonds. The van der Waals surface area contributed by atoms with Crippen molar-refractivity contribution >= 4 is 5.91 Å². The molecule has 0 saturated carbocycles. The second kappa shape index (κ2) is 7.49. The third-order valence-corrected chi connectivity index (χ3v) is 4.20. The monoisotopic (exact) mass is 304 g/mol. The van der Waals surface area contributed by atoms with Crippen molar-refractivity contribution in [3.8, 4) is 11.5 Å². The quantitative estimate of drug-likeness (QED) is 0.846. The summed E-state index contributed by atoms with van der Waals surface area (Å²) in [7, 11) is 0. The Morgan fingerprint density at radius 1 is 1.14 bits per heavy atom. The van der Waals surface area contributed by atoms with Gasteiger partial charge in [-0.1, -0.05) is 12.5 Å². The number of piperidine rings is 1. The molecule has 2 aliphatic rings. The van der Waals surface area contributed by atoms with Crippen LogP contribution in [-0.2, 0) is 0 Å². The number of likely N-dealkylation sites (tertiary alicyclic amines) is 1. The van der Waals surface area contributed by atoms with E-state index in [0.717, 1.165) is 13.0 Å². The number of hydrogen-bond donors (Lipinski definition) is 1. The van der Waals surface area contributed by atoms with E-state index < -0.39 is 0 Å². The minimum absolute atomic E-state index is 0.0824. The number of hydrogen-bond acceptors (Lipinski definition) is 4. The topological polar surface area (TPSA) is 50.8 Å². The number of ether oxygens (including phenoxy) is 2. The summed E-state index contributed by atoms with van der Waals surface area (Å²) in [5.41, 5.74) is 0.565. The predicted molar refractivity (Wildman–Crippen MR) is 84.7 cm³/mol. The molecule has 0 aromatic heterocycles. The van der Waals surface area contributed by atoms with E-state index in [1.807, 2.05) is 12.1 Å². The lowest BCUT2D eigenvalue weighted by Gasteiger charge is -2.26. The van der Waals surface area contributed by atoms with Gasteiger partial charge in [-0.3, -0.25) is 4.79 Å². The van der Waals surface area contributed by atoms with Gasteiger partial charge in [-0.25, -0.2) is 0 Å². The van der Waals surface area contributed by atoms with Gasteiger partial charge >= 0.3 is 0 Å². The third kappa shape index (κ3) is 3.71. The van der Waals surface area contributed by atoms with Crippen molar-refractivity contribution < 1.29 is 14.3 Å². The molecule has 3 rings (SSSR count). The highest BCUT2D eigenvalue weighted by Crippen LogP contribution is 2.33. The summed E-state index contributed by atoms with van der Waals surface area (Å²) in [6.45, 7) is 5.18. The van der Waals surface area contributed by atoms with Gasteiger partial charge in [-0.15, -0.1) is 0 Å². The molecule has 5 nitrogen and oxygen atoms in total. The highest BCUT2D eigenvalue weighted by molar-refractivity contribution is 5.97. The number of benzene rings is 1. The lowest BCUT2D eigenvalue weighted by atomic mass is 10.1. The average Bonchev–Trinajstić information content (AvgIpc) is 2.59. The van der Waals surface area contributed by atoms with E-state index in [4.69, 9.17) is 9.47 Å². The normalized spacial score (nSPS) is 18.0. The second-order valence-electron chi connectivity index (χ2n) is 5.84. The first-order chi connectivity index (χ1) is 10.8. The van der Waals surface area contributed by atoms with Gasteiger partial charge in [0, 0.05) is 6.54 Å². The highest BCUT2D eigenvalue weighted by Gasteiger charge is 2.20. The second-order valence-corrected chi connectivity index (χ2v) is 5.84. The van der Waals surface area contributed by atoms with Gasteiger partial charge < -0.3 is 19.7 Å². The first kappa shape index (κ1) is 15.2. The van der Waals surface area contributed by atoms with Crippen LogP contribution >= 0.6 is 0 Å². The number of rotatable bonds is 5. The summed E-state index contributed by atoms with van der Waals surface area (Å²) < 4.78 is 11.1. The fraction of sp³-hybridized carbons (Fsp3) is 0.588. The van der Waals surface area contributed by atoms with Crippen molar-refractivity contribution in [2.45, 2.75) is 25.7 Å². The van der Waals surface area contributed by atoms with Gasteiger partial charge in [0.05, 0.1) is 5.56 Å². The molecule has 1 saturated heterocycles. The summed E-state index contributed by atoms with van der Waals surface area (Å²) in [6.07, 6.45) is 4.95. The Hall–Kier alpha value is -1.75. The van der Waals surface area contributed by atoms with E-state index in [2.05, 4.69) is 10.2 Å². The minimum Gasteiger partial charge on any atom is -0.486 e. The van der Waals surface area contributed by atoms with E-state index in [9.17, 15) is 4.79 Å². The van der Waals surface area contributed by atoms with Crippen molar-refractivity contribution in [3.05, 3.63) is 23.8 Å². The van der Waals surface area contributed by atoms with Crippen LogP contribution in [0.1, 0.15) is 36.0 Å². The number of fused-ring (bicyclic) bond motifs is 1. The number of amides is 1. The number of para-hydroxylation sites is 1. The third-order valence-electron chi connectivity index (χ3n) is 4.20. The van der Waals surface area contributed by atoms with Gasteiger partial charge in [0.2, 0.25) is 0 Å². The fourth-order valence-electron chi connectivity index (χ4n) is 3.04. The van der Waals surface area contributed by atoms with E-state index >= 15 is 0 Å². The molecule has 2 aliphatic heterocycles. The Morgan fingerprint density at radius 2 is 1.95 bits per heavy atom. The highest BCUT2D eigenvalue weighted by atomic mass is 16.6. The summed E-state index contributed by atoms with van der Waals surface area (Å²) in [4.78, 5) is 14.8. The zero-order chi connectivity index (χ0) is 15.2. The zero-order valence-corrected chi connectivity index (χ0v) is 13.0. The molecule has 0 spiro atoms. The predicted octanol–water partition coefficient (Wildman–Crippen LogP) is 2.06. The van der Waals surface area contributed by atoms with Crippen molar-refractivity contribution in [2.75, 3.05) is 39.4 Å². The zero-order valence-electron chi connectivity index (χ0n) is 13.0. The molecule has 2 heterocycles. The number of nitrogens with one attached hydrogen (secondary N) is 1. The van der Waals surface area contributed by atoms with Crippen LogP contribution in [0.15, 0.2) is 18.2 Å². The summed E-state index contributed by atoms with van der Waals surface area (Å²) in [6, 6.07) is 5.45. The lowest BCUT2D eigenvalue weighted by molar-refractivity contribution is 0.0940. The molecular formula is C17H24N2O3. The SMILES string of the molecule is O=C(NCCCN1CCCCC1)c1cccc2c1OCCO2. The average molecular weight is 304 g/mol. The molecule has 5 heteroatoms. The molecule has 1 N–H and O–H groups in total. The van der Waals surface area contributed by atoms with Gasteiger partial charge in [-0.2, -0.15) is 0 Å². The van der Waals surface area contributed by atoms with E-state index in [1.54, 1.807) is 6.07 Å². The van der Waals surface area contributed by atoms with Crippen LogP contribution in [0.2, 0.25) is 0 Å². The summed E-state index contributed by atoms with van der Waals surface area (Å²) in [5.74, 6) is 1.15. The Morgan fingerprint density at radius 3 is 2.82 bits per heavy atom. The van der Waals surface area contributed by atoms with Crippen LogP contribution < -0.4 is 14.8 Å². The Labute approximate surface area is 131 Å². The first-order valence-electron chi connectivity index (χ1n) is 8.24. The number of nitrogens with zero attached hydrogens (tertiary/aromatic N) is 1. The van der Waals surface area contributed by atoms with Gasteiger partial charge in [-0.05, 0) is 51.0 Å². The van der Waals surface area contributed by atoms with E-state index in [0.29, 0.717) is 36.8 Å². The van der Waals surface area contributed by atoms with Crippen LogP contribution in [0.4, 0.5) is 0 Å². The molecule has 22 heavy (non-hydrogen) atoms. The maximum Gasteiger partial charge on any atom is 0.255 e. The molecule has 120 valence electrons.